The van der Waals surface area contributed by atoms with Crippen molar-refractivity contribution in [1.82, 2.24) is 0 Å². The second kappa shape index (κ2) is 6.34. The number of benzene rings is 1. The fourth-order valence-corrected chi connectivity index (χ4v) is 4.51. The third-order valence-corrected chi connectivity index (χ3v) is 5.87. The summed E-state index contributed by atoms with van der Waals surface area (Å²) < 4.78 is 33.2. The minimum atomic E-state index is -3.64. The van der Waals surface area contributed by atoms with E-state index in [2.05, 4.69) is 20.7 Å². The van der Waals surface area contributed by atoms with Gasteiger partial charge in [-0.05, 0) is 46.4 Å². The molecular formula is C12H11BrClNO3S2. The molecule has 0 atom stereocenters. The van der Waals surface area contributed by atoms with Crippen molar-refractivity contribution in [2.75, 3.05) is 11.3 Å². The quantitative estimate of drug-likeness (QED) is 0.817. The highest BCUT2D eigenvalue weighted by atomic mass is 79.9. The van der Waals surface area contributed by atoms with Crippen molar-refractivity contribution in [2.45, 2.75) is 11.1 Å². The van der Waals surface area contributed by atoms with E-state index >= 15 is 0 Å². The molecule has 0 aliphatic carbocycles. The Morgan fingerprint density at radius 2 is 2.20 bits per heavy atom. The predicted molar refractivity (Wildman–Crippen MR) is 85.4 cm³/mol. The maximum absolute atomic E-state index is 12.2. The van der Waals surface area contributed by atoms with E-state index < -0.39 is 10.0 Å². The molecule has 0 saturated carbocycles. The Bertz CT molecular complexity index is 702. The van der Waals surface area contributed by atoms with Gasteiger partial charge in [-0.3, -0.25) is 4.72 Å². The van der Waals surface area contributed by atoms with Gasteiger partial charge in [-0.1, -0.05) is 17.7 Å². The number of hydrogen-bond acceptors (Lipinski definition) is 4. The van der Waals surface area contributed by atoms with Gasteiger partial charge < -0.3 is 4.74 Å². The maximum Gasteiger partial charge on any atom is 0.271 e. The molecule has 0 radical (unpaired) electrons. The smallest absolute Gasteiger partial charge is 0.271 e. The van der Waals surface area contributed by atoms with Crippen molar-refractivity contribution in [1.29, 1.82) is 0 Å². The zero-order valence-corrected chi connectivity index (χ0v) is 14.4. The van der Waals surface area contributed by atoms with Crippen LogP contribution in [0.5, 0.6) is 5.75 Å². The first-order valence-electron chi connectivity index (χ1n) is 5.62. The lowest BCUT2D eigenvalue weighted by molar-refractivity contribution is 0.340. The molecule has 0 bridgehead atoms. The zero-order chi connectivity index (χ0) is 14.8. The molecule has 0 saturated heterocycles. The van der Waals surface area contributed by atoms with Gasteiger partial charge in [-0.15, -0.1) is 11.3 Å². The highest BCUT2D eigenvalue weighted by Gasteiger charge is 2.19. The molecule has 0 amide bonds. The van der Waals surface area contributed by atoms with E-state index in [-0.39, 0.29) is 4.21 Å². The van der Waals surface area contributed by atoms with Gasteiger partial charge in [0.05, 0.1) is 16.8 Å². The van der Waals surface area contributed by atoms with Crippen LogP contribution in [-0.4, -0.2) is 15.0 Å². The molecule has 1 aromatic carbocycles. The molecule has 4 nitrogen and oxygen atoms in total. The summed E-state index contributed by atoms with van der Waals surface area (Å²) in [6.45, 7) is 2.23. The van der Waals surface area contributed by atoms with Crippen LogP contribution < -0.4 is 9.46 Å². The van der Waals surface area contributed by atoms with E-state index in [1.807, 2.05) is 6.92 Å². The molecule has 0 unspecified atom stereocenters. The predicted octanol–water partition coefficient (Wildman–Crippen LogP) is 4.36. The van der Waals surface area contributed by atoms with Crippen molar-refractivity contribution < 1.29 is 13.2 Å². The van der Waals surface area contributed by atoms with Gasteiger partial charge in [0, 0.05) is 5.02 Å². The second-order valence-electron chi connectivity index (χ2n) is 3.73. The summed E-state index contributed by atoms with van der Waals surface area (Å²) >= 11 is 10.4. The van der Waals surface area contributed by atoms with Crippen molar-refractivity contribution in [3.8, 4) is 5.75 Å². The van der Waals surface area contributed by atoms with Crippen LogP contribution in [0.4, 0.5) is 5.69 Å². The lowest BCUT2D eigenvalue weighted by Gasteiger charge is -2.14. The van der Waals surface area contributed by atoms with Crippen molar-refractivity contribution in [3.63, 3.8) is 0 Å². The minimum Gasteiger partial charge on any atom is -0.490 e. The summed E-state index contributed by atoms with van der Waals surface area (Å²) in [5.74, 6) is 0.414. The maximum atomic E-state index is 12.2. The SMILES string of the molecule is CCOc1c(Br)cc(Cl)cc1NS(=O)(=O)c1cccs1. The third-order valence-electron chi connectivity index (χ3n) is 2.30. The number of anilines is 1. The molecule has 20 heavy (non-hydrogen) atoms. The molecule has 8 heteroatoms. The average molecular weight is 397 g/mol. The van der Waals surface area contributed by atoms with Crippen LogP contribution in [0, 0.1) is 0 Å². The van der Waals surface area contributed by atoms with Gasteiger partial charge in [0.25, 0.3) is 10.0 Å². The normalized spacial score (nSPS) is 11.3. The Kier molecular flexibility index (Phi) is 4.95. The molecule has 0 aliphatic rings. The first-order valence-corrected chi connectivity index (χ1v) is 9.15. The molecule has 1 aromatic heterocycles. The van der Waals surface area contributed by atoms with Crippen LogP contribution >= 0.6 is 38.9 Å². The van der Waals surface area contributed by atoms with Gasteiger partial charge in [-0.2, -0.15) is 0 Å². The third kappa shape index (κ3) is 3.46. The number of hydrogen-bond donors (Lipinski definition) is 1. The van der Waals surface area contributed by atoms with Crippen molar-refractivity contribution >= 4 is 54.6 Å². The number of rotatable bonds is 5. The average Bonchev–Trinajstić information content (AvgIpc) is 2.87. The highest BCUT2D eigenvalue weighted by Crippen LogP contribution is 2.38. The van der Waals surface area contributed by atoms with Crippen LogP contribution in [0.3, 0.4) is 0 Å². The molecule has 1 N–H and O–H groups in total. The molecule has 108 valence electrons. The number of ether oxygens (including phenoxy) is 1. The highest BCUT2D eigenvalue weighted by molar-refractivity contribution is 9.10. The van der Waals surface area contributed by atoms with E-state index in [1.165, 1.54) is 12.1 Å². The first-order chi connectivity index (χ1) is 9.44. The summed E-state index contributed by atoms with van der Waals surface area (Å²) in [6, 6.07) is 6.38. The van der Waals surface area contributed by atoms with Gasteiger partial charge in [-0.25, -0.2) is 8.42 Å². The van der Waals surface area contributed by atoms with Crippen LogP contribution in [0.2, 0.25) is 5.02 Å². The summed E-state index contributed by atoms with van der Waals surface area (Å²) in [5, 5.41) is 2.11. The van der Waals surface area contributed by atoms with E-state index in [9.17, 15) is 8.42 Å². The van der Waals surface area contributed by atoms with Crippen molar-refractivity contribution in [2.24, 2.45) is 0 Å². The fraction of sp³-hybridized carbons (Fsp3) is 0.167. The molecule has 2 rings (SSSR count). The van der Waals surface area contributed by atoms with E-state index in [0.29, 0.717) is 27.5 Å². The Hall–Kier alpha value is -0.760. The Balaban J connectivity index is 2.43. The monoisotopic (exact) mass is 395 g/mol. The Morgan fingerprint density at radius 1 is 1.45 bits per heavy atom. The molecule has 0 fully saturated rings. The number of nitrogens with one attached hydrogen (secondary N) is 1. The lowest BCUT2D eigenvalue weighted by Crippen LogP contribution is -2.12. The summed E-state index contributed by atoms with van der Waals surface area (Å²) in [4.78, 5) is 0. The van der Waals surface area contributed by atoms with E-state index in [4.69, 9.17) is 16.3 Å². The zero-order valence-electron chi connectivity index (χ0n) is 10.4. The standard InChI is InChI=1S/C12H11BrClNO3S2/c1-2-18-12-9(13)6-8(14)7-10(12)15-20(16,17)11-4-3-5-19-11/h3-7,15H,2H2,1H3. The van der Waals surface area contributed by atoms with Crippen molar-refractivity contribution in [3.05, 3.63) is 39.1 Å². The van der Waals surface area contributed by atoms with Gasteiger partial charge in [0.2, 0.25) is 0 Å². The molecule has 0 aliphatic heterocycles. The van der Waals surface area contributed by atoms with Crippen LogP contribution in [-0.2, 0) is 10.0 Å². The van der Waals surface area contributed by atoms with E-state index in [1.54, 1.807) is 17.5 Å². The lowest BCUT2D eigenvalue weighted by atomic mass is 10.3. The second-order valence-corrected chi connectivity index (χ2v) is 7.88. The van der Waals surface area contributed by atoms with Gasteiger partial charge >= 0.3 is 0 Å². The van der Waals surface area contributed by atoms with Gasteiger partial charge in [0.15, 0.2) is 5.75 Å². The molecule has 0 spiro atoms. The molecule has 2 aromatic rings. The Labute approximate surface area is 134 Å². The van der Waals surface area contributed by atoms with Crippen LogP contribution in [0.15, 0.2) is 38.3 Å². The molecular weight excluding hydrogens is 386 g/mol. The number of thiophene rings is 1. The topological polar surface area (TPSA) is 55.4 Å². The number of halogens is 2. The fourth-order valence-electron chi connectivity index (χ4n) is 1.54. The first kappa shape index (κ1) is 15.6. The van der Waals surface area contributed by atoms with Crippen LogP contribution in [0.1, 0.15) is 6.92 Å². The largest absolute Gasteiger partial charge is 0.490 e. The summed E-state index contributed by atoms with van der Waals surface area (Å²) in [5.41, 5.74) is 0.305. The van der Waals surface area contributed by atoms with E-state index in [0.717, 1.165) is 11.3 Å². The number of sulfonamides is 1. The Morgan fingerprint density at radius 3 is 2.80 bits per heavy atom. The summed E-state index contributed by atoms with van der Waals surface area (Å²) in [6.07, 6.45) is 0. The summed E-state index contributed by atoms with van der Waals surface area (Å²) in [7, 11) is -3.64. The van der Waals surface area contributed by atoms with Crippen LogP contribution in [0.25, 0.3) is 0 Å². The minimum absolute atomic E-state index is 0.232. The molecule has 1 heterocycles. The van der Waals surface area contributed by atoms with Gasteiger partial charge in [0.1, 0.15) is 4.21 Å².